The topological polar surface area (TPSA) is 74.6 Å². The van der Waals surface area contributed by atoms with Crippen molar-refractivity contribution in [2.24, 2.45) is 0 Å². The van der Waals surface area contributed by atoms with Crippen molar-refractivity contribution in [1.82, 2.24) is 0 Å². The van der Waals surface area contributed by atoms with Gasteiger partial charge in [0.2, 0.25) is 0 Å². The molecule has 2 aromatic carbocycles. The van der Waals surface area contributed by atoms with E-state index in [2.05, 4.69) is 0 Å². The van der Waals surface area contributed by atoms with Crippen LogP contribution < -0.4 is 0 Å². The standard InChI is InChI=1S/2C10H10O2/c2*1-8-4-2-3-5-9(8)6-7-10(11)12/h2*2-7H,1H3,(H,11,12). The number of carboxylic acid groups (broad SMARTS) is 2. The van der Waals surface area contributed by atoms with Gasteiger partial charge in [0.05, 0.1) is 0 Å². The Kier molecular flexibility index (Phi) is 7.71. The van der Waals surface area contributed by atoms with E-state index >= 15 is 0 Å². The molecule has 0 heterocycles. The molecule has 2 N–H and O–H groups in total. The zero-order valence-corrected chi connectivity index (χ0v) is 13.6. The molecule has 0 spiro atoms. The normalized spacial score (nSPS) is 10.4. The Hall–Kier alpha value is -3.14. The van der Waals surface area contributed by atoms with Crippen LogP contribution in [0.4, 0.5) is 0 Å². The number of carboxylic acids is 2. The fraction of sp³-hybridized carbons (Fsp3) is 0.100. The maximum atomic E-state index is 10.2. The summed E-state index contributed by atoms with van der Waals surface area (Å²) in [7, 11) is 0. The van der Waals surface area contributed by atoms with Gasteiger partial charge in [-0.3, -0.25) is 0 Å². The van der Waals surface area contributed by atoms with Gasteiger partial charge >= 0.3 is 11.9 Å². The van der Waals surface area contributed by atoms with Gasteiger partial charge < -0.3 is 10.2 Å². The summed E-state index contributed by atoms with van der Waals surface area (Å²) < 4.78 is 0. The quantitative estimate of drug-likeness (QED) is 0.827. The first-order chi connectivity index (χ1) is 11.4. The lowest BCUT2D eigenvalue weighted by Gasteiger charge is -1.96. The number of hydrogen-bond donors (Lipinski definition) is 2. The predicted molar refractivity (Wildman–Crippen MR) is 95.7 cm³/mol. The van der Waals surface area contributed by atoms with Crippen LogP contribution in [0.2, 0.25) is 0 Å². The van der Waals surface area contributed by atoms with Crippen LogP contribution in [0.1, 0.15) is 22.3 Å². The van der Waals surface area contributed by atoms with Crippen molar-refractivity contribution < 1.29 is 19.8 Å². The SMILES string of the molecule is Cc1ccccc1C=CC(=O)O.Cc1ccccc1C=CC(=O)O. The van der Waals surface area contributed by atoms with Gasteiger partial charge in [0.1, 0.15) is 0 Å². The summed E-state index contributed by atoms with van der Waals surface area (Å²) in [6.07, 6.45) is 5.47. The number of carbonyl (C=O) groups is 2. The van der Waals surface area contributed by atoms with Crippen LogP contribution >= 0.6 is 0 Å². The fourth-order valence-electron chi connectivity index (χ4n) is 1.87. The van der Waals surface area contributed by atoms with E-state index in [4.69, 9.17) is 10.2 Å². The largest absolute Gasteiger partial charge is 0.478 e. The monoisotopic (exact) mass is 324 g/mol. The van der Waals surface area contributed by atoms with Gasteiger partial charge in [-0.2, -0.15) is 0 Å². The number of aryl methyl sites for hydroxylation is 2. The Balaban J connectivity index is 0.000000240. The molecule has 0 saturated carbocycles. The second-order valence-electron chi connectivity index (χ2n) is 5.06. The average Bonchev–Trinajstić information content (AvgIpc) is 2.54. The first kappa shape index (κ1) is 18.9. The van der Waals surface area contributed by atoms with E-state index in [-0.39, 0.29) is 0 Å². The van der Waals surface area contributed by atoms with Gasteiger partial charge in [0, 0.05) is 12.2 Å². The minimum Gasteiger partial charge on any atom is -0.478 e. The third-order valence-corrected chi connectivity index (χ3v) is 3.19. The molecule has 0 unspecified atom stereocenters. The number of hydrogen-bond acceptors (Lipinski definition) is 2. The molecule has 0 saturated heterocycles. The van der Waals surface area contributed by atoms with Crippen molar-refractivity contribution in [1.29, 1.82) is 0 Å². The molecule has 0 aliphatic rings. The molecule has 0 amide bonds. The molecule has 0 aromatic heterocycles. The Morgan fingerprint density at radius 3 is 1.33 bits per heavy atom. The first-order valence-electron chi connectivity index (χ1n) is 7.33. The van der Waals surface area contributed by atoms with Crippen molar-refractivity contribution in [2.75, 3.05) is 0 Å². The summed E-state index contributed by atoms with van der Waals surface area (Å²) in [6, 6.07) is 15.3. The van der Waals surface area contributed by atoms with E-state index < -0.39 is 11.9 Å². The third-order valence-electron chi connectivity index (χ3n) is 3.19. The summed E-state index contributed by atoms with van der Waals surface area (Å²) in [5.41, 5.74) is 4.05. The van der Waals surface area contributed by atoms with Crippen LogP contribution in [0.5, 0.6) is 0 Å². The molecule has 0 fully saturated rings. The average molecular weight is 324 g/mol. The highest BCUT2D eigenvalue weighted by atomic mass is 16.4. The van der Waals surface area contributed by atoms with Crippen LogP contribution in [0.25, 0.3) is 12.2 Å². The smallest absolute Gasteiger partial charge is 0.328 e. The molecular formula is C20H20O4. The molecule has 2 rings (SSSR count). The fourth-order valence-corrected chi connectivity index (χ4v) is 1.87. The predicted octanol–water partition coefficient (Wildman–Crippen LogP) is 4.19. The van der Waals surface area contributed by atoms with Gasteiger partial charge in [-0.05, 0) is 48.3 Å². The van der Waals surface area contributed by atoms with Gasteiger partial charge in [-0.1, -0.05) is 48.5 Å². The second-order valence-corrected chi connectivity index (χ2v) is 5.06. The summed E-state index contributed by atoms with van der Waals surface area (Å²) >= 11 is 0. The molecule has 124 valence electrons. The van der Waals surface area contributed by atoms with Crippen molar-refractivity contribution in [3.63, 3.8) is 0 Å². The Labute approximate surface area is 141 Å². The molecule has 0 atom stereocenters. The van der Waals surface area contributed by atoms with Crippen molar-refractivity contribution >= 4 is 24.1 Å². The summed E-state index contributed by atoms with van der Waals surface area (Å²) in [5.74, 6) is -1.84. The summed E-state index contributed by atoms with van der Waals surface area (Å²) in [6.45, 7) is 3.89. The van der Waals surface area contributed by atoms with Crippen molar-refractivity contribution in [3.8, 4) is 0 Å². The van der Waals surface area contributed by atoms with Gasteiger partial charge in [0.15, 0.2) is 0 Å². The van der Waals surface area contributed by atoms with E-state index in [1.54, 1.807) is 12.2 Å². The van der Waals surface area contributed by atoms with Crippen LogP contribution in [0, 0.1) is 13.8 Å². The maximum absolute atomic E-state index is 10.2. The van der Waals surface area contributed by atoms with Crippen LogP contribution in [0.3, 0.4) is 0 Å². The molecule has 4 heteroatoms. The first-order valence-corrected chi connectivity index (χ1v) is 7.33. The van der Waals surface area contributed by atoms with E-state index in [1.165, 1.54) is 0 Å². The van der Waals surface area contributed by atoms with Crippen LogP contribution in [-0.2, 0) is 9.59 Å². The summed E-state index contributed by atoms with van der Waals surface area (Å²) in [4.78, 5) is 20.4. The zero-order chi connectivity index (χ0) is 17.9. The lowest BCUT2D eigenvalue weighted by molar-refractivity contribution is -0.132. The minimum absolute atomic E-state index is 0.918. The lowest BCUT2D eigenvalue weighted by Crippen LogP contribution is -1.86. The summed E-state index contributed by atoms with van der Waals surface area (Å²) in [5, 5.41) is 16.8. The van der Waals surface area contributed by atoms with Gasteiger partial charge in [-0.25, -0.2) is 9.59 Å². The molecular weight excluding hydrogens is 304 g/mol. The molecule has 0 aliphatic heterocycles. The molecule has 4 nitrogen and oxygen atoms in total. The molecule has 0 radical (unpaired) electrons. The Bertz CT molecular complexity index is 692. The highest BCUT2D eigenvalue weighted by Crippen LogP contribution is 2.09. The van der Waals surface area contributed by atoms with Crippen LogP contribution in [-0.4, -0.2) is 22.2 Å². The van der Waals surface area contributed by atoms with E-state index in [1.807, 2.05) is 62.4 Å². The minimum atomic E-state index is -0.918. The van der Waals surface area contributed by atoms with Gasteiger partial charge in [-0.15, -0.1) is 0 Å². The maximum Gasteiger partial charge on any atom is 0.328 e. The van der Waals surface area contributed by atoms with E-state index in [0.717, 1.165) is 34.4 Å². The highest BCUT2D eigenvalue weighted by Gasteiger charge is 1.92. The Morgan fingerprint density at radius 1 is 0.708 bits per heavy atom. The molecule has 0 bridgehead atoms. The van der Waals surface area contributed by atoms with Crippen LogP contribution in [0.15, 0.2) is 60.7 Å². The molecule has 24 heavy (non-hydrogen) atoms. The number of benzene rings is 2. The highest BCUT2D eigenvalue weighted by molar-refractivity contribution is 5.86. The van der Waals surface area contributed by atoms with Gasteiger partial charge in [0.25, 0.3) is 0 Å². The zero-order valence-electron chi connectivity index (χ0n) is 13.6. The molecule has 2 aromatic rings. The second kappa shape index (κ2) is 9.79. The number of rotatable bonds is 4. The lowest BCUT2D eigenvalue weighted by atomic mass is 10.1. The number of aliphatic carboxylic acids is 2. The Morgan fingerprint density at radius 2 is 1.04 bits per heavy atom. The van der Waals surface area contributed by atoms with Crippen molar-refractivity contribution in [3.05, 3.63) is 82.9 Å². The van der Waals surface area contributed by atoms with E-state index in [0.29, 0.717) is 0 Å². The van der Waals surface area contributed by atoms with Crippen molar-refractivity contribution in [2.45, 2.75) is 13.8 Å². The third kappa shape index (κ3) is 7.22. The molecule has 0 aliphatic carbocycles. The van der Waals surface area contributed by atoms with E-state index in [9.17, 15) is 9.59 Å².